The summed E-state index contributed by atoms with van der Waals surface area (Å²) >= 11 is 0. The highest BCUT2D eigenvalue weighted by Crippen LogP contribution is 2.22. The van der Waals surface area contributed by atoms with E-state index < -0.39 is 0 Å². The molecule has 1 heterocycles. The number of nitrogens with one attached hydrogen (secondary N) is 1. The van der Waals surface area contributed by atoms with Crippen molar-refractivity contribution in [2.24, 2.45) is 0 Å². The monoisotopic (exact) mass is 238 g/mol. The molecule has 0 bridgehead atoms. The lowest BCUT2D eigenvalue weighted by Crippen LogP contribution is -2.51. The minimum absolute atomic E-state index is 0.334. The van der Waals surface area contributed by atoms with Crippen LogP contribution >= 0.6 is 0 Å². The van der Waals surface area contributed by atoms with Crippen LogP contribution in [0.15, 0.2) is 11.6 Å². The lowest BCUT2D eigenvalue weighted by Gasteiger charge is -2.36. The van der Waals surface area contributed by atoms with Crippen LogP contribution in [0.5, 0.6) is 0 Å². The minimum Gasteiger partial charge on any atom is -0.310 e. The Bertz CT molecular complexity index is 250. The smallest absolute Gasteiger partial charge is 0.0303 e. The van der Waals surface area contributed by atoms with Crippen molar-refractivity contribution < 1.29 is 0 Å². The van der Waals surface area contributed by atoms with Crippen LogP contribution in [-0.4, -0.2) is 36.1 Å². The Kier molecular flexibility index (Phi) is 5.68. The topological polar surface area (TPSA) is 15.3 Å². The molecule has 0 spiro atoms. The summed E-state index contributed by atoms with van der Waals surface area (Å²) in [5.41, 5.74) is 1.76. The molecule has 1 fully saturated rings. The van der Waals surface area contributed by atoms with Gasteiger partial charge in [-0.15, -0.1) is 0 Å². The fourth-order valence-corrected chi connectivity index (χ4v) is 2.60. The molecule has 1 atom stereocenters. The maximum Gasteiger partial charge on any atom is 0.0303 e. The van der Waals surface area contributed by atoms with Crippen LogP contribution in [0.25, 0.3) is 0 Å². The van der Waals surface area contributed by atoms with Crippen LogP contribution in [-0.2, 0) is 0 Å². The average Bonchev–Trinajstić information content (AvgIpc) is 2.47. The highest BCUT2D eigenvalue weighted by Gasteiger charge is 2.32. The van der Waals surface area contributed by atoms with Gasteiger partial charge >= 0.3 is 0 Å². The van der Waals surface area contributed by atoms with Gasteiger partial charge in [0.15, 0.2) is 0 Å². The van der Waals surface area contributed by atoms with Gasteiger partial charge in [-0.2, -0.15) is 0 Å². The third-order valence-electron chi connectivity index (χ3n) is 4.28. The summed E-state index contributed by atoms with van der Waals surface area (Å²) in [7, 11) is 0. The van der Waals surface area contributed by atoms with Crippen LogP contribution in [0.3, 0.4) is 0 Å². The Morgan fingerprint density at radius 1 is 1.35 bits per heavy atom. The Hall–Kier alpha value is -0.340. The van der Waals surface area contributed by atoms with Crippen molar-refractivity contribution in [1.82, 2.24) is 10.2 Å². The molecular weight excluding hydrogens is 208 g/mol. The fraction of sp³-hybridized carbons (Fsp3) is 0.867. The van der Waals surface area contributed by atoms with Crippen molar-refractivity contribution >= 4 is 0 Å². The first-order valence-electron chi connectivity index (χ1n) is 7.15. The van der Waals surface area contributed by atoms with Gasteiger partial charge in [0.05, 0.1) is 0 Å². The number of hydrogen-bond acceptors (Lipinski definition) is 2. The van der Waals surface area contributed by atoms with E-state index in [0.29, 0.717) is 11.6 Å². The lowest BCUT2D eigenvalue weighted by atomic mass is 9.92. The van der Waals surface area contributed by atoms with Gasteiger partial charge < -0.3 is 5.32 Å². The number of allylic oxidation sites excluding steroid dienone is 1. The molecule has 1 unspecified atom stereocenters. The van der Waals surface area contributed by atoms with E-state index >= 15 is 0 Å². The summed E-state index contributed by atoms with van der Waals surface area (Å²) in [5.74, 6) is 0. The third kappa shape index (κ3) is 4.11. The highest BCUT2D eigenvalue weighted by atomic mass is 15.2. The molecule has 17 heavy (non-hydrogen) atoms. The maximum atomic E-state index is 3.78. The van der Waals surface area contributed by atoms with Crippen molar-refractivity contribution in [1.29, 1.82) is 0 Å². The van der Waals surface area contributed by atoms with Crippen molar-refractivity contribution in [2.75, 3.05) is 19.6 Å². The Balaban J connectivity index is 2.74. The van der Waals surface area contributed by atoms with E-state index in [1.165, 1.54) is 31.4 Å². The lowest BCUT2D eigenvalue weighted by molar-refractivity contribution is 0.175. The molecular formula is C15H30N2. The zero-order valence-corrected chi connectivity index (χ0v) is 12.3. The maximum absolute atomic E-state index is 3.78. The van der Waals surface area contributed by atoms with Crippen LogP contribution < -0.4 is 5.32 Å². The summed E-state index contributed by atoms with van der Waals surface area (Å²) in [5, 5.41) is 3.78. The van der Waals surface area contributed by atoms with Crippen LogP contribution in [0.4, 0.5) is 0 Å². The van der Waals surface area contributed by atoms with Gasteiger partial charge in [-0.1, -0.05) is 25.5 Å². The Morgan fingerprint density at radius 2 is 2.00 bits per heavy atom. The average molecular weight is 238 g/mol. The summed E-state index contributed by atoms with van der Waals surface area (Å²) in [6.07, 6.45) is 6.07. The number of nitrogens with zero attached hydrogens (tertiary/aromatic N) is 1. The number of rotatable bonds is 4. The first-order valence-corrected chi connectivity index (χ1v) is 7.15. The SMILES string of the molecule is CCC1(CC)CN(CC=C(C)C)C(C)CCN1. The summed E-state index contributed by atoms with van der Waals surface area (Å²) in [4.78, 5) is 2.64. The van der Waals surface area contributed by atoms with Gasteiger partial charge in [-0.25, -0.2) is 0 Å². The van der Waals surface area contributed by atoms with Crippen molar-refractivity contribution in [3.8, 4) is 0 Å². The first kappa shape index (κ1) is 14.7. The largest absolute Gasteiger partial charge is 0.310 e. The third-order valence-corrected chi connectivity index (χ3v) is 4.28. The van der Waals surface area contributed by atoms with E-state index in [2.05, 4.69) is 50.9 Å². The summed E-state index contributed by atoms with van der Waals surface area (Å²) in [6.45, 7) is 14.8. The van der Waals surface area contributed by atoms with Crippen LogP contribution in [0.1, 0.15) is 53.9 Å². The van der Waals surface area contributed by atoms with E-state index in [1.54, 1.807) is 0 Å². The molecule has 0 radical (unpaired) electrons. The van der Waals surface area contributed by atoms with E-state index in [4.69, 9.17) is 0 Å². The van der Waals surface area contributed by atoms with Gasteiger partial charge in [-0.3, -0.25) is 4.90 Å². The van der Waals surface area contributed by atoms with Crippen LogP contribution in [0, 0.1) is 0 Å². The highest BCUT2D eigenvalue weighted by molar-refractivity contribution is 4.99. The molecule has 1 saturated heterocycles. The Morgan fingerprint density at radius 3 is 2.53 bits per heavy atom. The van der Waals surface area contributed by atoms with E-state index in [9.17, 15) is 0 Å². The summed E-state index contributed by atoms with van der Waals surface area (Å²) in [6, 6.07) is 0.693. The first-order chi connectivity index (χ1) is 8.03. The van der Waals surface area contributed by atoms with Gasteiger partial charge in [-0.05, 0) is 46.6 Å². The van der Waals surface area contributed by atoms with Gasteiger partial charge in [0.2, 0.25) is 0 Å². The number of hydrogen-bond donors (Lipinski definition) is 1. The quantitative estimate of drug-likeness (QED) is 0.757. The molecule has 2 heteroatoms. The Labute approximate surface area is 107 Å². The molecule has 0 aromatic heterocycles. The molecule has 0 saturated carbocycles. The van der Waals surface area contributed by atoms with Crippen LogP contribution in [0.2, 0.25) is 0 Å². The molecule has 0 amide bonds. The molecule has 2 nitrogen and oxygen atoms in total. The molecule has 0 aliphatic carbocycles. The molecule has 0 aromatic carbocycles. The molecule has 0 aromatic rings. The zero-order chi connectivity index (χ0) is 12.9. The normalized spacial score (nSPS) is 25.4. The van der Waals surface area contributed by atoms with Crippen molar-refractivity contribution in [3.05, 3.63) is 11.6 Å². The van der Waals surface area contributed by atoms with E-state index in [0.717, 1.165) is 13.1 Å². The second kappa shape index (κ2) is 6.55. The summed E-state index contributed by atoms with van der Waals surface area (Å²) < 4.78 is 0. The standard InChI is InChI=1S/C15H30N2/c1-6-15(7-2)12-17(11-9-13(3)4)14(5)8-10-16-15/h9,14,16H,6-8,10-12H2,1-5H3. The van der Waals surface area contributed by atoms with E-state index in [1.807, 2.05) is 0 Å². The van der Waals surface area contributed by atoms with E-state index in [-0.39, 0.29) is 0 Å². The minimum atomic E-state index is 0.334. The zero-order valence-electron chi connectivity index (χ0n) is 12.3. The molecule has 100 valence electrons. The predicted molar refractivity (Wildman–Crippen MR) is 76.4 cm³/mol. The van der Waals surface area contributed by atoms with Crippen molar-refractivity contribution in [3.63, 3.8) is 0 Å². The molecule has 1 aliphatic rings. The van der Waals surface area contributed by atoms with Gasteiger partial charge in [0.25, 0.3) is 0 Å². The molecule has 1 N–H and O–H groups in total. The molecule has 1 rings (SSSR count). The second-order valence-electron chi connectivity index (χ2n) is 5.76. The molecule has 1 aliphatic heterocycles. The van der Waals surface area contributed by atoms with Crippen molar-refractivity contribution in [2.45, 2.75) is 65.5 Å². The predicted octanol–water partition coefficient (Wildman–Crippen LogP) is 3.20. The van der Waals surface area contributed by atoms with Gasteiger partial charge in [0.1, 0.15) is 0 Å². The van der Waals surface area contributed by atoms with Gasteiger partial charge in [0, 0.05) is 24.7 Å². The second-order valence-corrected chi connectivity index (χ2v) is 5.76. The fourth-order valence-electron chi connectivity index (χ4n) is 2.60.